The zero-order chi connectivity index (χ0) is 18.3. The number of benzene rings is 2. The maximum Gasteiger partial charge on any atom is 0.335 e. The van der Waals surface area contributed by atoms with Crippen LogP contribution in [-0.4, -0.2) is 27.4 Å². The molecule has 3 N–H and O–H groups in total. The van der Waals surface area contributed by atoms with Crippen LogP contribution in [0.4, 0.5) is 5.69 Å². The Hall–Kier alpha value is -3.13. The van der Waals surface area contributed by atoms with Gasteiger partial charge in [-0.15, -0.1) is 0 Å². The van der Waals surface area contributed by atoms with E-state index in [9.17, 15) is 9.59 Å². The first-order chi connectivity index (χ1) is 12.6. The first kappa shape index (κ1) is 16.3. The second-order valence-corrected chi connectivity index (χ2v) is 6.57. The summed E-state index contributed by atoms with van der Waals surface area (Å²) < 4.78 is 1.66. The van der Waals surface area contributed by atoms with Crippen molar-refractivity contribution >= 4 is 23.4 Å². The number of nitrogens with zero attached hydrogens (tertiary/aromatic N) is 2. The third-order valence-corrected chi connectivity index (χ3v) is 4.82. The van der Waals surface area contributed by atoms with Crippen molar-refractivity contribution in [3.63, 3.8) is 0 Å². The SMILES string of the molecule is CSc1n[n+]2c(c(=O)[nH]1)-c1ccccc1N[C@H]2c1ccc(C(=O)O)cc1. The molecule has 7 nitrogen and oxygen atoms in total. The van der Waals surface area contributed by atoms with E-state index in [1.165, 1.54) is 11.8 Å². The minimum absolute atomic E-state index is 0.207. The van der Waals surface area contributed by atoms with E-state index in [1.54, 1.807) is 28.9 Å². The number of carboxylic acid groups (broad SMARTS) is 1. The number of anilines is 1. The van der Waals surface area contributed by atoms with Gasteiger partial charge >= 0.3 is 17.2 Å². The number of rotatable bonds is 3. The van der Waals surface area contributed by atoms with Gasteiger partial charge in [0.2, 0.25) is 5.16 Å². The van der Waals surface area contributed by atoms with E-state index in [-0.39, 0.29) is 11.1 Å². The number of H-pyrrole nitrogens is 1. The molecule has 0 amide bonds. The summed E-state index contributed by atoms with van der Waals surface area (Å²) in [7, 11) is 0. The van der Waals surface area contributed by atoms with Crippen LogP contribution in [0.2, 0.25) is 0 Å². The highest BCUT2D eigenvalue weighted by molar-refractivity contribution is 7.98. The van der Waals surface area contributed by atoms with E-state index in [2.05, 4.69) is 15.4 Å². The molecule has 0 unspecified atom stereocenters. The molecule has 1 aliphatic heterocycles. The smallest absolute Gasteiger partial charge is 0.335 e. The fourth-order valence-corrected chi connectivity index (χ4v) is 3.38. The van der Waals surface area contributed by atoms with Crippen LogP contribution in [0.15, 0.2) is 58.5 Å². The fourth-order valence-electron chi connectivity index (χ4n) is 3.01. The summed E-state index contributed by atoms with van der Waals surface area (Å²) in [6, 6.07) is 14.1. The van der Waals surface area contributed by atoms with Crippen LogP contribution in [0.1, 0.15) is 22.1 Å². The van der Waals surface area contributed by atoms with Crippen LogP contribution in [0.25, 0.3) is 11.3 Å². The quantitative estimate of drug-likeness (QED) is 0.484. The number of hydrogen-bond acceptors (Lipinski definition) is 5. The van der Waals surface area contributed by atoms with Crippen molar-refractivity contribution in [1.29, 1.82) is 0 Å². The van der Waals surface area contributed by atoms with Crippen molar-refractivity contribution in [1.82, 2.24) is 10.1 Å². The normalized spacial score (nSPS) is 14.9. The monoisotopic (exact) mass is 367 g/mol. The Kier molecular flexibility index (Phi) is 3.96. The predicted octanol–water partition coefficient (Wildman–Crippen LogP) is 2.12. The lowest BCUT2D eigenvalue weighted by molar-refractivity contribution is -0.759. The van der Waals surface area contributed by atoms with Gasteiger partial charge in [-0.25, -0.2) is 4.79 Å². The lowest BCUT2D eigenvalue weighted by Gasteiger charge is -2.22. The summed E-state index contributed by atoms with van der Waals surface area (Å²) in [5.74, 6) is -0.981. The molecule has 3 aromatic rings. The van der Waals surface area contributed by atoms with Crippen LogP contribution in [-0.2, 0) is 0 Å². The zero-order valence-electron chi connectivity index (χ0n) is 13.8. The van der Waals surface area contributed by atoms with Crippen LogP contribution >= 0.6 is 11.8 Å². The maximum absolute atomic E-state index is 12.7. The summed E-state index contributed by atoms with van der Waals surface area (Å²) in [5, 5.41) is 17.5. The molecule has 0 fully saturated rings. The topological polar surface area (TPSA) is 99.0 Å². The lowest BCUT2D eigenvalue weighted by atomic mass is 10.0. The highest BCUT2D eigenvalue weighted by Gasteiger charge is 2.37. The zero-order valence-corrected chi connectivity index (χ0v) is 14.6. The predicted molar refractivity (Wildman–Crippen MR) is 97.4 cm³/mol. The molecule has 8 heteroatoms. The Bertz CT molecular complexity index is 1060. The number of carbonyl (C=O) groups is 1. The highest BCUT2D eigenvalue weighted by Crippen LogP contribution is 2.31. The number of aromatic nitrogens is 3. The second kappa shape index (κ2) is 6.30. The molecule has 0 bridgehead atoms. The van der Waals surface area contributed by atoms with Gasteiger partial charge in [0.25, 0.3) is 6.17 Å². The number of aromatic carboxylic acids is 1. The first-order valence-electron chi connectivity index (χ1n) is 7.88. The molecule has 130 valence electrons. The van der Waals surface area contributed by atoms with Gasteiger partial charge in [0, 0.05) is 10.7 Å². The minimum Gasteiger partial charge on any atom is -0.478 e. The number of aromatic amines is 1. The molecule has 26 heavy (non-hydrogen) atoms. The van der Waals surface area contributed by atoms with Crippen molar-refractivity contribution in [2.75, 3.05) is 11.6 Å². The lowest BCUT2D eigenvalue weighted by Crippen LogP contribution is -2.55. The van der Waals surface area contributed by atoms with Crippen LogP contribution in [0.5, 0.6) is 0 Å². The molecule has 2 heterocycles. The Morgan fingerprint density at radius 2 is 1.92 bits per heavy atom. The van der Waals surface area contributed by atoms with Crippen molar-refractivity contribution in [2.24, 2.45) is 0 Å². The van der Waals surface area contributed by atoms with Gasteiger partial charge in [0.15, 0.2) is 0 Å². The van der Waals surface area contributed by atoms with Crippen molar-refractivity contribution < 1.29 is 14.6 Å². The summed E-state index contributed by atoms with van der Waals surface area (Å²) in [4.78, 5) is 26.6. The van der Waals surface area contributed by atoms with Crippen LogP contribution in [0.3, 0.4) is 0 Å². The average Bonchev–Trinajstić information content (AvgIpc) is 2.67. The molecule has 0 saturated heterocycles. The van der Waals surface area contributed by atoms with Gasteiger partial charge in [-0.1, -0.05) is 23.9 Å². The standard InChI is InChI=1S/C18H14N4O3S/c1-26-18-20-16(23)14-12-4-2-3-5-13(12)19-15(22(14)21-18)10-6-8-11(9-7-10)17(24)25/h2-9,15H,1H3,(H2,20,21,23,24,25)/p+1/t15-/m1/s1. The van der Waals surface area contributed by atoms with E-state index in [4.69, 9.17) is 5.11 Å². The Balaban J connectivity index is 1.92. The van der Waals surface area contributed by atoms with Crippen molar-refractivity contribution in [3.8, 4) is 11.3 Å². The van der Waals surface area contributed by atoms with Gasteiger partial charge in [-0.2, -0.15) is 0 Å². The number of fused-ring (bicyclic) bond motifs is 3. The highest BCUT2D eigenvalue weighted by atomic mass is 32.2. The number of carboxylic acids is 1. The van der Waals surface area contributed by atoms with Gasteiger partial charge < -0.3 is 10.4 Å². The molecule has 1 aromatic heterocycles. The number of hydrogen-bond donors (Lipinski definition) is 3. The maximum atomic E-state index is 12.7. The minimum atomic E-state index is -0.981. The molecule has 4 rings (SSSR count). The van der Waals surface area contributed by atoms with Gasteiger partial charge in [-0.05, 0) is 47.3 Å². The molecular formula is C18H15N4O3S+. The summed E-state index contributed by atoms with van der Waals surface area (Å²) in [5.41, 5.74) is 2.85. The molecule has 0 spiro atoms. The fraction of sp³-hybridized carbons (Fsp3) is 0.111. The van der Waals surface area contributed by atoms with Crippen LogP contribution in [0, 0.1) is 0 Å². The molecular weight excluding hydrogens is 352 g/mol. The molecule has 1 atom stereocenters. The molecule has 2 aromatic carbocycles. The van der Waals surface area contributed by atoms with E-state index < -0.39 is 12.1 Å². The average molecular weight is 367 g/mol. The molecule has 1 aliphatic rings. The van der Waals surface area contributed by atoms with Crippen molar-refractivity contribution in [3.05, 3.63) is 70.0 Å². The summed E-state index contributed by atoms with van der Waals surface area (Å²) in [6.07, 6.45) is 1.42. The second-order valence-electron chi connectivity index (χ2n) is 5.78. The van der Waals surface area contributed by atoms with E-state index >= 15 is 0 Å². The van der Waals surface area contributed by atoms with E-state index in [0.717, 1.165) is 16.8 Å². The van der Waals surface area contributed by atoms with Gasteiger partial charge in [0.1, 0.15) is 0 Å². The van der Waals surface area contributed by atoms with E-state index in [1.807, 2.05) is 30.5 Å². The third-order valence-electron chi connectivity index (χ3n) is 4.25. The Morgan fingerprint density at radius 3 is 2.62 bits per heavy atom. The Labute approximate surface area is 152 Å². The third kappa shape index (κ3) is 2.64. The number of para-hydroxylation sites is 1. The molecule has 0 radical (unpaired) electrons. The molecule has 0 aliphatic carbocycles. The summed E-state index contributed by atoms with van der Waals surface area (Å²) >= 11 is 1.35. The van der Waals surface area contributed by atoms with Gasteiger partial charge in [-0.3, -0.25) is 9.78 Å². The van der Waals surface area contributed by atoms with Crippen LogP contribution < -0.4 is 15.6 Å². The van der Waals surface area contributed by atoms with Crippen molar-refractivity contribution in [2.45, 2.75) is 11.3 Å². The summed E-state index contributed by atoms with van der Waals surface area (Å²) in [6.45, 7) is 0. The Morgan fingerprint density at radius 1 is 1.19 bits per heavy atom. The number of nitrogens with one attached hydrogen (secondary N) is 2. The van der Waals surface area contributed by atoms with Gasteiger partial charge in [0.05, 0.1) is 16.8 Å². The first-order valence-corrected chi connectivity index (χ1v) is 9.10. The van der Waals surface area contributed by atoms with E-state index in [0.29, 0.717) is 10.9 Å². The largest absolute Gasteiger partial charge is 0.478 e. The number of thioether (sulfide) groups is 1. The molecule has 0 saturated carbocycles.